The van der Waals surface area contributed by atoms with E-state index in [1.165, 1.54) is 0 Å². The average molecular weight is 223 g/mol. The summed E-state index contributed by atoms with van der Waals surface area (Å²) in [4.78, 5) is 4.43. The van der Waals surface area contributed by atoms with Gasteiger partial charge in [-0.25, -0.2) is 4.98 Å². The third-order valence-electron chi connectivity index (χ3n) is 2.93. The normalized spacial score (nSPS) is 10.9. The van der Waals surface area contributed by atoms with Crippen molar-refractivity contribution in [2.75, 3.05) is 5.73 Å². The molecule has 0 saturated carbocycles. The molecule has 1 heterocycles. The van der Waals surface area contributed by atoms with Crippen LogP contribution in [0.5, 0.6) is 0 Å². The summed E-state index contributed by atoms with van der Waals surface area (Å²) < 4.78 is 1.97. The van der Waals surface area contributed by atoms with Crippen LogP contribution in [-0.2, 0) is 0 Å². The van der Waals surface area contributed by atoms with Crippen molar-refractivity contribution in [2.24, 2.45) is 0 Å². The zero-order valence-electron chi connectivity index (χ0n) is 9.59. The minimum atomic E-state index is 0.528. The maximum absolute atomic E-state index is 6.01. The largest absolute Gasteiger partial charge is 0.369 e. The molecule has 0 aliphatic heterocycles. The first-order valence-corrected chi connectivity index (χ1v) is 5.56. The average Bonchev–Trinajstić information content (AvgIpc) is 2.68. The summed E-state index contributed by atoms with van der Waals surface area (Å²) in [6.45, 7) is 2.05. The number of fused-ring (bicyclic) bond motifs is 1. The van der Waals surface area contributed by atoms with Gasteiger partial charge in [0.15, 0.2) is 0 Å². The molecule has 0 radical (unpaired) electrons. The highest BCUT2D eigenvalue weighted by Gasteiger charge is 2.10. The molecule has 0 bridgehead atoms. The fraction of sp³-hybridized carbons (Fsp3) is 0.0714. The lowest BCUT2D eigenvalue weighted by Gasteiger charge is -2.05. The highest BCUT2D eigenvalue weighted by Crippen LogP contribution is 2.24. The number of aromatic nitrogens is 2. The van der Waals surface area contributed by atoms with Crippen molar-refractivity contribution in [3.8, 4) is 5.69 Å². The molecule has 3 rings (SSSR count). The van der Waals surface area contributed by atoms with Crippen LogP contribution in [0.25, 0.3) is 16.7 Å². The first kappa shape index (κ1) is 9.90. The molecule has 3 nitrogen and oxygen atoms in total. The topological polar surface area (TPSA) is 43.8 Å². The van der Waals surface area contributed by atoms with Gasteiger partial charge < -0.3 is 5.73 Å². The van der Waals surface area contributed by atoms with Gasteiger partial charge >= 0.3 is 0 Å². The van der Waals surface area contributed by atoms with Crippen LogP contribution in [0.4, 0.5) is 5.95 Å². The summed E-state index contributed by atoms with van der Waals surface area (Å²) in [6.07, 6.45) is 0. The van der Waals surface area contributed by atoms with E-state index in [9.17, 15) is 0 Å². The summed E-state index contributed by atoms with van der Waals surface area (Å²) in [5.41, 5.74) is 10.2. The molecule has 2 aromatic carbocycles. The van der Waals surface area contributed by atoms with Gasteiger partial charge in [-0.3, -0.25) is 4.57 Å². The Morgan fingerprint density at radius 2 is 1.76 bits per heavy atom. The molecule has 0 unspecified atom stereocenters. The van der Waals surface area contributed by atoms with Gasteiger partial charge in [0.2, 0.25) is 5.95 Å². The van der Waals surface area contributed by atoms with Crippen LogP contribution in [0, 0.1) is 6.92 Å². The molecule has 0 amide bonds. The van der Waals surface area contributed by atoms with E-state index in [0.29, 0.717) is 5.95 Å². The van der Waals surface area contributed by atoms with Crippen LogP contribution >= 0.6 is 0 Å². The Balaban J connectivity index is 2.37. The van der Waals surface area contributed by atoms with E-state index in [0.717, 1.165) is 22.3 Å². The molecule has 0 fully saturated rings. The number of nitrogen functional groups attached to an aromatic ring is 1. The molecule has 0 saturated heterocycles. The van der Waals surface area contributed by atoms with E-state index in [1.54, 1.807) is 0 Å². The van der Waals surface area contributed by atoms with Crippen LogP contribution in [0.1, 0.15) is 5.56 Å². The van der Waals surface area contributed by atoms with Crippen LogP contribution < -0.4 is 5.73 Å². The minimum Gasteiger partial charge on any atom is -0.369 e. The quantitative estimate of drug-likeness (QED) is 0.689. The number of aryl methyl sites for hydroxylation is 1. The predicted molar refractivity (Wildman–Crippen MR) is 70.2 cm³/mol. The Kier molecular flexibility index (Phi) is 2.11. The molecule has 3 heteroatoms. The molecule has 84 valence electrons. The lowest BCUT2D eigenvalue weighted by molar-refractivity contribution is 1.11. The number of nitrogens with zero attached hydrogens (tertiary/aromatic N) is 2. The third-order valence-corrected chi connectivity index (χ3v) is 2.93. The predicted octanol–water partition coefficient (Wildman–Crippen LogP) is 2.92. The number of imidazole rings is 1. The Morgan fingerprint density at radius 3 is 2.53 bits per heavy atom. The van der Waals surface area contributed by atoms with Crippen molar-refractivity contribution >= 4 is 17.0 Å². The molecule has 17 heavy (non-hydrogen) atoms. The minimum absolute atomic E-state index is 0.528. The maximum Gasteiger partial charge on any atom is 0.205 e. The fourth-order valence-electron chi connectivity index (χ4n) is 2.11. The van der Waals surface area contributed by atoms with Crippen LogP contribution in [0.3, 0.4) is 0 Å². The number of anilines is 1. The standard InChI is InChI=1S/C14H13N3/c1-10-6-5-9-12-13(10)16-14(15)17(12)11-7-3-2-4-8-11/h2-9H,1H3,(H2,15,16). The lowest BCUT2D eigenvalue weighted by atomic mass is 10.2. The second-order valence-corrected chi connectivity index (χ2v) is 4.08. The van der Waals surface area contributed by atoms with Gasteiger partial charge in [-0.2, -0.15) is 0 Å². The van der Waals surface area contributed by atoms with Crippen LogP contribution in [-0.4, -0.2) is 9.55 Å². The van der Waals surface area contributed by atoms with Gasteiger partial charge in [-0.1, -0.05) is 30.3 Å². The van der Waals surface area contributed by atoms with Crippen molar-refractivity contribution in [1.29, 1.82) is 0 Å². The van der Waals surface area contributed by atoms with Crippen LogP contribution in [0.2, 0.25) is 0 Å². The van der Waals surface area contributed by atoms with Gasteiger partial charge in [0.05, 0.1) is 11.0 Å². The van der Waals surface area contributed by atoms with Gasteiger partial charge in [0.25, 0.3) is 0 Å². The fourth-order valence-corrected chi connectivity index (χ4v) is 2.11. The van der Waals surface area contributed by atoms with Gasteiger partial charge in [0.1, 0.15) is 0 Å². The summed E-state index contributed by atoms with van der Waals surface area (Å²) in [6, 6.07) is 16.2. The van der Waals surface area contributed by atoms with E-state index in [-0.39, 0.29) is 0 Å². The first-order valence-electron chi connectivity index (χ1n) is 5.56. The molecule has 2 N–H and O–H groups in total. The summed E-state index contributed by atoms with van der Waals surface area (Å²) in [5.74, 6) is 0.528. The van der Waals surface area contributed by atoms with Gasteiger partial charge in [0, 0.05) is 5.69 Å². The molecule has 1 aromatic heterocycles. The van der Waals surface area contributed by atoms with Crippen molar-refractivity contribution < 1.29 is 0 Å². The number of nitrogens with two attached hydrogens (primary N) is 1. The van der Waals surface area contributed by atoms with Crippen molar-refractivity contribution in [3.05, 3.63) is 54.1 Å². The zero-order chi connectivity index (χ0) is 11.8. The Morgan fingerprint density at radius 1 is 1.00 bits per heavy atom. The SMILES string of the molecule is Cc1cccc2c1nc(N)n2-c1ccccc1. The van der Waals surface area contributed by atoms with E-state index in [4.69, 9.17) is 5.73 Å². The number of hydrogen-bond acceptors (Lipinski definition) is 2. The second-order valence-electron chi connectivity index (χ2n) is 4.08. The molecule has 0 atom stereocenters. The first-order chi connectivity index (χ1) is 8.27. The summed E-state index contributed by atoms with van der Waals surface area (Å²) >= 11 is 0. The molecule has 0 spiro atoms. The molecular weight excluding hydrogens is 210 g/mol. The monoisotopic (exact) mass is 223 g/mol. The number of benzene rings is 2. The molecule has 0 aliphatic rings. The highest BCUT2D eigenvalue weighted by atomic mass is 15.2. The van der Waals surface area contributed by atoms with E-state index < -0.39 is 0 Å². The highest BCUT2D eigenvalue weighted by molar-refractivity contribution is 5.83. The van der Waals surface area contributed by atoms with Crippen molar-refractivity contribution in [3.63, 3.8) is 0 Å². The Labute approximate surface area is 99.5 Å². The van der Waals surface area contributed by atoms with E-state index in [2.05, 4.69) is 4.98 Å². The Bertz CT molecular complexity index is 669. The molecule has 3 aromatic rings. The molecular formula is C14H13N3. The number of hydrogen-bond donors (Lipinski definition) is 1. The third kappa shape index (κ3) is 1.47. The lowest BCUT2D eigenvalue weighted by Crippen LogP contribution is -1.99. The number of rotatable bonds is 1. The van der Waals surface area contributed by atoms with Crippen molar-refractivity contribution in [2.45, 2.75) is 6.92 Å². The smallest absolute Gasteiger partial charge is 0.205 e. The van der Waals surface area contributed by atoms with E-state index in [1.807, 2.05) is 60.0 Å². The van der Waals surface area contributed by atoms with Gasteiger partial charge in [-0.05, 0) is 30.7 Å². The number of para-hydroxylation sites is 2. The maximum atomic E-state index is 6.01. The van der Waals surface area contributed by atoms with Crippen molar-refractivity contribution in [1.82, 2.24) is 9.55 Å². The molecule has 0 aliphatic carbocycles. The van der Waals surface area contributed by atoms with E-state index >= 15 is 0 Å². The zero-order valence-corrected chi connectivity index (χ0v) is 9.59. The summed E-state index contributed by atoms with van der Waals surface area (Å²) in [5, 5.41) is 0. The van der Waals surface area contributed by atoms with Gasteiger partial charge in [-0.15, -0.1) is 0 Å². The van der Waals surface area contributed by atoms with Crippen LogP contribution in [0.15, 0.2) is 48.5 Å². The Hall–Kier alpha value is -2.29. The summed E-state index contributed by atoms with van der Waals surface area (Å²) in [7, 11) is 0. The second kappa shape index (κ2) is 3.63.